The molecule has 1 aromatic carbocycles. The van der Waals surface area contributed by atoms with Crippen LogP contribution >= 0.6 is 0 Å². The van der Waals surface area contributed by atoms with E-state index < -0.39 is 6.09 Å². The van der Waals surface area contributed by atoms with E-state index in [-0.39, 0.29) is 12.5 Å². The Hall–Kier alpha value is -3.61. The fourth-order valence-corrected chi connectivity index (χ4v) is 3.23. The highest BCUT2D eigenvalue weighted by Gasteiger charge is 2.17. The van der Waals surface area contributed by atoms with Crippen LogP contribution in [0.1, 0.15) is 16.8 Å². The number of nitrogens with zero attached hydrogens (tertiary/aromatic N) is 3. The summed E-state index contributed by atoms with van der Waals surface area (Å²) in [4.78, 5) is 29.6. The van der Waals surface area contributed by atoms with Gasteiger partial charge in [-0.25, -0.2) is 9.78 Å². The molecule has 2 aromatic heterocycles. The molecule has 0 radical (unpaired) electrons. The topological polar surface area (TPSA) is 76.5 Å². The molecule has 3 aromatic rings. The summed E-state index contributed by atoms with van der Waals surface area (Å²) in [5.74, 6) is 0.389. The van der Waals surface area contributed by atoms with Gasteiger partial charge in [0.05, 0.1) is 6.54 Å². The van der Waals surface area contributed by atoms with E-state index >= 15 is 0 Å². The highest BCUT2D eigenvalue weighted by Crippen LogP contribution is 2.21. The van der Waals surface area contributed by atoms with Crippen LogP contribution in [-0.2, 0) is 29.7 Å². The van der Waals surface area contributed by atoms with Crippen molar-refractivity contribution in [2.75, 3.05) is 12.4 Å². The van der Waals surface area contributed by atoms with Crippen LogP contribution < -0.4 is 5.32 Å². The van der Waals surface area contributed by atoms with E-state index in [0.717, 1.165) is 27.7 Å². The van der Waals surface area contributed by atoms with Crippen molar-refractivity contribution in [1.29, 1.82) is 0 Å². The third-order valence-corrected chi connectivity index (χ3v) is 4.81. The molecule has 1 N–H and O–H groups in total. The monoisotopic (exact) mass is 376 g/mol. The van der Waals surface area contributed by atoms with Crippen molar-refractivity contribution in [2.24, 2.45) is 7.05 Å². The Bertz CT molecular complexity index is 1100. The number of carbonyl (C=O) groups is 2. The van der Waals surface area contributed by atoms with Crippen molar-refractivity contribution >= 4 is 34.8 Å². The van der Waals surface area contributed by atoms with Gasteiger partial charge >= 0.3 is 6.09 Å². The van der Waals surface area contributed by atoms with Crippen molar-refractivity contribution in [3.05, 3.63) is 65.5 Å². The lowest BCUT2D eigenvalue weighted by atomic mass is 10.1. The van der Waals surface area contributed by atoms with Gasteiger partial charge in [-0.1, -0.05) is 18.2 Å². The predicted molar refractivity (Wildman–Crippen MR) is 106 cm³/mol. The molecule has 1 aliphatic heterocycles. The predicted octanol–water partition coefficient (Wildman–Crippen LogP) is 3.31. The summed E-state index contributed by atoms with van der Waals surface area (Å²) in [6.45, 7) is 0.682. The van der Waals surface area contributed by atoms with Gasteiger partial charge in [-0.3, -0.25) is 10.1 Å². The number of hydrogen-bond donors (Lipinski definition) is 1. The van der Waals surface area contributed by atoms with E-state index in [4.69, 9.17) is 4.74 Å². The fourth-order valence-electron chi connectivity index (χ4n) is 3.23. The number of likely N-dealkylation sites (N-methyl/N-ethyl adjacent to an activating group) is 1. The summed E-state index contributed by atoms with van der Waals surface area (Å²) in [6, 6.07) is 12.1. The average molecular weight is 376 g/mol. The molecule has 3 heterocycles. The highest BCUT2D eigenvalue weighted by molar-refractivity contribution is 5.92. The fraction of sp³-hybridized carbons (Fsp3) is 0.190. The number of carbonyl (C=O) groups excluding carboxylic acids is 2. The van der Waals surface area contributed by atoms with Gasteiger partial charge in [0.2, 0.25) is 5.91 Å². The zero-order valence-corrected chi connectivity index (χ0v) is 15.7. The summed E-state index contributed by atoms with van der Waals surface area (Å²) in [7, 11) is 3.78. The van der Waals surface area contributed by atoms with Crippen molar-refractivity contribution in [2.45, 2.75) is 13.2 Å². The number of aromatic nitrogens is 2. The summed E-state index contributed by atoms with van der Waals surface area (Å²) < 4.78 is 7.04. The maximum absolute atomic E-state index is 12.5. The van der Waals surface area contributed by atoms with Crippen LogP contribution in [0, 0.1) is 0 Å². The zero-order chi connectivity index (χ0) is 19.7. The number of ether oxygens (including phenoxy) is 1. The minimum atomic E-state index is -0.506. The molecule has 7 heteroatoms. The standard InChI is InChI=1S/C21H20N4O3/c1-24(12-17-10-15-5-3-4-6-18(15)25(17)2)19(26)8-7-14-9-16-13-28-21(27)23-20(16)22-11-14/h3-11H,12-13H2,1-2H3,(H,22,23,27). The quantitative estimate of drug-likeness (QED) is 0.709. The Morgan fingerprint density at radius 3 is 3.00 bits per heavy atom. The third kappa shape index (κ3) is 3.46. The molecule has 7 nitrogen and oxygen atoms in total. The van der Waals surface area contributed by atoms with Gasteiger partial charge in [0.1, 0.15) is 12.4 Å². The molecule has 28 heavy (non-hydrogen) atoms. The molecular formula is C21H20N4O3. The van der Waals surface area contributed by atoms with E-state index in [1.165, 1.54) is 6.08 Å². The normalized spacial score (nSPS) is 13.3. The molecule has 0 aliphatic carbocycles. The van der Waals surface area contributed by atoms with Crippen LogP contribution in [0.4, 0.5) is 10.6 Å². The highest BCUT2D eigenvalue weighted by atomic mass is 16.5. The van der Waals surface area contributed by atoms with Crippen LogP contribution in [0.15, 0.2) is 48.7 Å². The Labute approximate surface area is 162 Å². The van der Waals surface area contributed by atoms with Gasteiger partial charge in [-0.15, -0.1) is 0 Å². The Morgan fingerprint density at radius 2 is 2.18 bits per heavy atom. The lowest BCUT2D eigenvalue weighted by molar-refractivity contribution is -0.125. The molecule has 142 valence electrons. The number of aryl methyl sites for hydroxylation is 1. The molecule has 0 spiro atoms. The summed E-state index contributed by atoms with van der Waals surface area (Å²) in [5, 5.41) is 3.70. The minimum absolute atomic E-state index is 0.104. The molecule has 0 unspecified atom stereocenters. The van der Waals surface area contributed by atoms with Gasteiger partial charge in [-0.05, 0) is 35.2 Å². The molecule has 0 saturated carbocycles. The Morgan fingerprint density at radius 1 is 1.36 bits per heavy atom. The maximum atomic E-state index is 12.5. The lowest BCUT2D eigenvalue weighted by Crippen LogP contribution is -2.25. The minimum Gasteiger partial charge on any atom is -0.444 e. The summed E-state index contributed by atoms with van der Waals surface area (Å²) in [6.07, 6.45) is 4.34. The van der Waals surface area contributed by atoms with Gasteiger partial charge < -0.3 is 14.2 Å². The molecule has 1 aliphatic rings. The Balaban J connectivity index is 1.45. The number of amides is 2. The number of cyclic esters (lactones) is 1. The second kappa shape index (κ2) is 7.19. The van der Waals surface area contributed by atoms with Gasteiger partial charge in [0.25, 0.3) is 0 Å². The van der Waals surface area contributed by atoms with Gasteiger partial charge in [-0.2, -0.15) is 0 Å². The number of rotatable bonds is 4. The van der Waals surface area contributed by atoms with Crippen molar-refractivity contribution in [3.8, 4) is 0 Å². The van der Waals surface area contributed by atoms with Crippen molar-refractivity contribution in [1.82, 2.24) is 14.5 Å². The molecule has 0 saturated heterocycles. The van der Waals surface area contributed by atoms with E-state index in [9.17, 15) is 9.59 Å². The number of nitrogens with one attached hydrogen (secondary N) is 1. The number of anilines is 1. The largest absolute Gasteiger partial charge is 0.444 e. The first-order valence-electron chi connectivity index (χ1n) is 8.90. The average Bonchev–Trinajstić information content (AvgIpc) is 3.01. The molecule has 0 bridgehead atoms. The van der Waals surface area contributed by atoms with Crippen molar-refractivity contribution < 1.29 is 14.3 Å². The smallest absolute Gasteiger partial charge is 0.413 e. The second-order valence-corrected chi connectivity index (χ2v) is 6.76. The molecule has 2 amide bonds. The van der Waals surface area contributed by atoms with Crippen LogP contribution in [-0.4, -0.2) is 33.5 Å². The second-order valence-electron chi connectivity index (χ2n) is 6.76. The molecule has 0 atom stereocenters. The lowest BCUT2D eigenvalue weighted by Gasteiger charge is -2.17. The van der Waals surface area contributed by atoms with E-state index in [1.54, 1.807) is 24.2 Å². The van der Waals surface area contributed by atoms with Gasteiger partial charge in [0, 0.05) is 43.1 Å². The number of pyridine rings is 1. The SMILES string of the molecule is CN(Cc1cc2ccccc2n1C)C(=O)C=Cc1cnc2c(c1)COC(=O)N2. The van der Waals surface area contributed by atoms with Crippen molar-refractivity contribution in [3.63, 3.8) is 0 Å². The first kappa shape index (κ1) is 17.8. The van der Waals surface area contributed by atoms with Gasteiger partial charge in [0.15, 0.2) is 0 Å². The van der Waals surface area contributed by atoms with Crippen LogP contribution in [0.5, 0.6) is 0 Å². The first-order chi connectivity index (χ1) is 13.5. The number of fused-ring (bicyclic) bond motifs is 2. The van der Waals surface area contributed by atoms with Crippen LogP contribution in [0.2, 0.25) is 0 Å². The van der Waals surface area contributed by atoms with Crippen LogP contribution in [0.25, 0.3) is 17.0 Å². The summed E-state index contributed by atoms with van der Waals surface area (Å²) >= 11 is 0. The van der Waals surface area contributed by atoms with E-state index in [1.807, 2.05) is 25.2 Å². The number of benzene rings is 1. The number of hydrogen-bond acceptors (Lipinski definition) is 4. The molecule has 4 rings (SSSR count). The third-order valence-electron chi connectivity index (χ3n) is 4.81. The summed E-state index contributed by atoms with van der Waals surface area (Å²) in [5.41, 5.74) is 3.75. The zero-order valence-electron chi connectivity index (χ0n) is 15.7. The molecule has 0 fully saturated rings. The first-order valence-corrected chi connectivity index (χ1v) is 8.90. The van der Waals surface area contributed by atoms with Crippen LogP contribution in [0.3, 0.4) is 0 Å². The van der Waals surface area contributed by atoms with E-state index in [2.05, 4.69) is 33.1 Å². The molecular weight excluding hydrogens is 356 g/mol. The van der Waals surface area contributed by atoms with E-state index in [0.29, 0.717) is 12.4 Å². The Kier molecular flexibility index (Phi) is 4.57. The number of para-hydroxylation sites is 1. The maximum Gasteiger partial charge on any atom is 0.413 e.